The van der Waals surface area contributed by atoms with Crippen LogP contribution in [0.2, 0.25) is 5.02 Å². The van der Waals surface area contributed by atoms with Crippen molar-refractivity contribution in [2.45, 2.75) is 6.54 Å². The van der Waals surface area contributed by atoms with Gasteiger partial charge in [0.1, 0.15) is 11.5 Å². The molecular weight excluding hydrogens is 586 g/mol. The minimum absolute atomic E-state index is 0.336. The molecule has 0 unspecified atom stereocenters. The summed E-state index contributed by atoms with van der Waals surface area (Å²) in [6.45, 7) is 2.86. The number of fused-ring (bicyclic) bond motifs is 1. The summed E-state index contributed by atoms with van der Waals surface area (Å²) in [6.07, 6.45) is 0. The highest BCUT2D eigenvalue weighted by molar-refractivity contribution is 7.80. The van der Waals surface area contributed by atoms with Crippen molar-refractivity contribution >= 4 is 51.7 Å². The minimum Gasteiger partial charge on any atom is -0.457 e. The Labute approximate surface area is 258 Å². The highest BCUT2D eigenvalue weighted by atomic mass is 35.5. The maximum Gasteiger partial charge on any atom is 0.332 e. The summed E-state index contributed by atoms with van der Waals surface area (Å²) in [5.41, 5.74) is 1.60. The van der Waals surface area contributed by atoms with Gasteiger partial charge in [-0.2, -0.15) is 4.98 Å². The Bertz CT molecular complexity index is 1910. The van der Waals surface area contributed by atoms with Gasteiger partial charge in [0.25, 0.3) is 5.56 Å². The molecule has 6 rings (SSSR count). The molecule has 0 bridgehead atoms. The predicted molar refractivity (Wildman–Crippen MR) is 174 cm³/mol. The molecule has 12 heteroatoms. The minimum atomic E-state index is -0.424. The lowest BCUT2D eigenvalue weighted by atomic mass is 10.2. The number of thiocarbonyl (C=S) groups is 1. The highest BCUT2D eigenvalue weighted by Gasteiger charge is 2.27. The van der Waals surface area contributed by atoms with Crippen molar-refractivity contribution in [1.82, 2.24) is 23.6 Å². The van der Waals surface area contributed by atoms with E-state index in [-0.39, 0.29) is 0 Å². The van der Waals surface area contributed by atoms with E-state index in [0.29, 0.717) is 60.0 Å². The Hall–Kier alpha value is -4.61. The zero-order valence-corrected chi connectivity index (χ0v) is 25.3. The van der Waals surface area contributed by atoms with Crippen LogP contribution >= 0.6 is 23.8 Å². The van der Waals surface area contributed by atoms with Gasteiger partial charge in [-0.25, -0.2) is 4.79 Å². The van der Waals surface area contributed by atoms with Crippen LogP contribution in [0.25, 0.3) is 11.2 Å². The molecule has 10 nitrogen and oxygen atoms in total. The molecule has 220 valence electrons. The number of halogens is 1. The first-order valence-corrected chi connectivity index (χ1v) is 14.6. The third-order valence-corrected chi connectivity index (χ3v) is 8.28. The maximum atomic E-state index is 13.3. The van der Waals surface area contributed by atoms with Crippen LogP contribution in [0.3, 0.4) is 0 Å². The Balaban J connectivity index is 1.19. The Morgan fingerprint density at radius 1 is 0.884 bits per heavy atom. The molecular formula is C31H30ClN7O3S. The van der Waals surface area contributed by atoms with Crippen LogP contribution in [0.4, 0.5) is 11.6 Å². The largest absolute Gasteiger partial charge is 0.457 e. The van der Waals surface area contributed by atoms with Crippen LogP contribution in [0, 0.1) is 0 Å². The van der Waals surface area contributed by atoms with Gasteiger partial charge in [0.05, 0.1) is 6.54 Å². The number of benzene rings is 3. The second kappa shape index (κ2) is 11.9. The number of hydrogen-bond donors (Lipinski definition) is 1. The molecule has 5 aromatic rings. The van der Waals surface area contributed by atoms with Crippen LogP contribution in [0.5, 0.6) is 11.5 Å². The molecule has 1 saturated heterocycles. The molecule has 0 aliphatic carbocycles. The first-order chi connectivity index (χ1) is 20.8. The lowest BCUT2D eigenvalue weighted by molar-refractivity contribution is 0.386. The number of hydrogen-bond acceptors (Lipinski definition) is 6. The standard InChI is InChI=1S/C31H30ClN7O3S/c1-35-27-26(28(40)36(2)31(35)41)39(20-21-8-6-7-11-25(21)32)29(34-27)37-16-18-38(19-17-37)30(43)33-22-12-14-24(15-13-22)42-23-9-4-3-5-10-23/h3-15H,16-20H2,1-2H3,(H,33,43). The van der Waals surface area contributed by atoms with Crippen molar-refractivity contribution in [3.05, 3.63) is 110 Å². The van der Waals surface area contributed by atoms with Crippen molar-refractivity contribution in [3.8, 4) is 11.5 Å². The zero-order chi connectivity index (χ0) is 30.1. The molecule has 43 heavy (non-hydrogen) atoms. The van der Waals surface area contributed by atoms with Crippen LogP contribution in [-0.2, 0) is 20.6 Å². The number of imidazole rings is 1. The van der Waals surface area contributed by atoms with E-state index in [1.165, 1.54) is 11.6 Å². The van der Waals surface area contributed by atoms with Crippen molar-refractivity contribution in [2.75, 3.05) is 36.4 Å². The molecule has 1 N–H and O–H groups in total. The number of aromatic nitrogens is 4. The van der Waals surface area contributed by atoms with E-state index in [1.54, 1.807) is 7.05 Å². The highest BCUT2D eigenvalue weighted by Crippen LogP contribution is 2.26. The first kappa shape index (κ1) is 28.5. The van der Waals surface area contributed by atoms with Crippen molar-refractivity contribution in [2.24, 2.45) is 14.1 Å². The summed E-state index contributed by atoms with van der Waals surface area (Å²) < 4.78 is 10.3. The van der Waals surface area contributed by atoms with Crippen LogP contribution in [0.15, 0.2) is 88.5 Å². The fourth-order valence-electron chi connectivity index (χ4n) is 5.17. The van der Waals surface area contributed by atoms with Gasteiger partial charge in [0, 0.05) is 51.0 Å². The molecule has 3 aromatic carbocycles. The molecule has 0 atom stereocenters. The molecule has 3 heterocycles. The van der Waals surface area contributed by atoms with E-state index < -0.39 is 11.2 Å². The van der Waals surface area contributed by atoms with E-state index in [2.05, 4.69) is 15.1 Å². The number of para-hydroxylation sites is 1. The average molecular weight is 616 g/mol. The summed E-state index contributed by atoms with van der Waals surface area (Å²) in [7, 11) is 3.11. The molecule has 0 amide bonds. The van der Waals surface area contributed by atoms with Gasteiger partial charge in [0.2, 0.25) is 5.95 Å². The van der Waals surface area contributed by atoms with Gasteiger partial charge >= 0.3 is 5.69 Å². The second-order valence-electron chi connectivity index (χ2n) is 10.3. The normalized spacial score (nSPS) is 13.4. The molecule has 0 spiro atoms. The molecule has 1 fully saturated rings. The summed E-state index contributed by atoms with van der Waals surface area (Å²) in [5.74, 6) is 2.13. The van der Waals surface area contributed by atoms with E-state index in [0.717, 1.165) is 27.3 Å². The quantitative estimate of drug-likeness (QED) is 0.281. The number of nitrogens with zero attached hydrogens (tertiary/aromatic N) is 6. The first-order valence-electron chi connectivity index (χ1n) is 13.8. The molecule has 1 aliphatic heterocycles. The summed E-state index contributed by atoms with van der Waals surface area (Å²) in [6, 6.07) is 24.8. The third kappa shape index (κ3) is 5.73. The smallest absolute Gasteiger partial charge is 0.332 e. The Kier molecular flexibility index (Phi) is 7.92. The average Bonchev–Trinajstić information content (AvgIpc) is 3.41. The second-order valence-corrected chi connectivity index (χ2v) is 11.1. The summed E-state index contributed by atoms with van der Waals surface area (Å²) in [4.78, 5) is 35.0. The molecule has 1 aliphatic rings. The van der Waals surface area contributed by atoms with E-state index >= 15 is 0 Å². The Morgan fingerprint density at radius 3 is 2.23 bits per heavy atom. The van der Waals surface area contributed by atoms with Gasteiger partial charge < -0.3 is 19.9 Å². The number of piperazine rings is 1. The molecule has 2 aromatic heterocycles. The molecule has 0 saturated carbocycles. The number of aryl methyl sites for hydroxylation is 1. The van der Waals surface area contributed by atoms with Gasteiger partial charge in [-0.05, 0) is 60.2 Å². The number of anilines is 2. The predicted octanol–water partition coefficient (Wildman–Crippen LogP) is 4.45. The number of nitrogens with one attached hydrogen (secondary N) is 1. The Morgan fingerprint density at radius 2 is 1.53 bits per heavy atom. The summed E-state index contributed by atoms with van der Waals surface area (Å²) in [5, 5.41) is 4.54. The number of ether oxygens (including phenoxy) is 1. The lowest BCUT2D eigenvalue weighted by Crippen LogP contribution is -2.50. The van der Waals surface area contributed by atoms with Crippen molar-refractivity contribution in [3.63, 3.8) is 0 Å². The summed E-state index contributed by atoms with van der Waals surface area (Å²) >= 11 is 12.2. The topological polar surface area (TPSA) is 89.6 Å². The van der Waals surface area contributed by atoms with Gasteiger partial charge in [-0.15, -0.1) is 0 Å². The monoisotopic (exact) mass is 615 g/mol. The van der Waals surface area contributed by atoms with E-state index in [1.807, 2.05) is 83.4 Å². The van der Waals surface area contributed by atoms with Crippen molar-refractivity contribution in [1.29, 1.82) is 0 Å². The zero-order valence-electron chi connectivity index (χ0n) is 23.7. The van der Waals surface area contributed by atoms with Gasteiger partial charge in [-0.1, -0.05) is 48.0 Å². The van der Waals surface area contributed by atoms with Crippen LogP contribution in [0.1, 0.15) is 5.56 Å². The SMILES string of the molecule is Cn1c(=O)c2c(nc(N3CCN(C(=S)Nc4ccc(Oc5ccccc5)cc4)CC3)n2Cc2ccccc2Cl)n(C)c1=O. The van der Waals surface area contributed by atoms with Gasteiger partial charge in [-0.3, -0.25) is 18.5 Å². The van der Waals surface area contributed by atoms with E-state index in [4.69, 9.17) is 33.5 Å². The van der Waals surface area contributed by atoms with Crippen LogP contribution < -0.4 is 26.2 Å². The third-order valence-electron chi connectivity index (χ3n) is 7.55. The maximum absolute atomic E-state index is 13.3. The van der Waals surface area contributed by atoms with E-state index in [9.17, 15) is 9.59 Å². The number of rotatable bonds is 6. The fraction of sp³-hybridized carbons (Fsp3) is 0.226. The fourth-order valence-corrected chi connectivity index (χ4v) is 5.66. The van der Waals surface area contributed by atoms with Crippen LogP contribution in [-0.4, -0.2) is 54.9 Å². The van der Waals surface area contributed by atoms with Crippen molar-refractivity contribution < 1.29 is 4.74 Å². The van der Waals surface area contributed by atoms with Gasteiger partial charge in [0.15, 0.2) is 16.3 Å². The molecule has 0 radical (unpaired) electrons. The lowest BCUT2D eigenvalue weighted by Gasteiger charge is -2.36.